The zero-order valence-corrected chi connectivity index (χ0v) is 14.3. The Kier molecular flexibility index (Phi) is 5.74. The Balaban J connectivity index is 0.00000162. The summed E-state index contributed by atoms with van der Waals surface area (Å²) >= 11 is 0. The van der Waals surface area contributed by atoms with Crippen LogP contribution in [0.5, 0.6) is 0 Å². The van der Waals surface area contributed by atoms with Crippen LogP contribution in [0.15, 0.2) is 4.99 Å². The maximum absolute atomic E-state index is 6.12. The monoisotopic (exact) mass is 365 g/mol. The van der Waals surface area contributed by atoms with Crippen molar-refractivity contribution in [2.75, 3.05) is 19.6 Å². The van der Waals surface area contributed by atoms with Crippen LogP contribution >= 0.6 is 24.0 Å². The first-order chi connectivity index (χ1) is 8.03. The van der Waals surface area contributed by atoms with Crippen LogP contribution in [-0.2, 0) is 0 Å². The van der Waals surface area contributed by atoms with E-state index in [9.17, 15) is 0 Å². The Bertz CT molecular complexity index is 297. The summed E-state index contributed by atoms with van der Waals surface area (Å²) in [4.78, 5) is 6.93. The molecule has 4 heteroatoms. The highest BCUT2D eigenvalue weighted by atomic mass is 127. The molecule has 1 atom stereocenters. The van der Waals surface area contributed by atoms with Crippen LogP contribution in [0.25, 0.3) is 0 Å². The normalized spacial score (nSPS) is 27.0. The van der Waals surface area contributed by atoms with E-state index in [1.807, 2.05) is 0 Å². The predicted octanol–water partition coefficient (Wildman–Crippen LogP) is 3.09. The number of likely N-dealkylation sites (tertiary alicyclic amines) is 1. The van der Waals surface area contributed by atoms with Gasteiger partial charge in [-0.15, -0.1) is 24.0 Å². The van der Waals surface area contributed by atoms with E-state index in [1.165, 1.54) is 25.7 Å². The van der Waals surface area contributed by atoms with Crippen molar-refractivity contribution in [1.82, 2.24) is 4.90 Å². The van der Waals surface area contributed by atoms with Gasteiger partial charge in [-0.05, 0) is 42.9 Å². The SMILES string of the molecule is CC1CCCN(C(N)=NCC2(C(C)C)CC2)C1.I. The number of rotatable bonds is 3. The van der Waals surface area contributed by atoms with Crippen molar-refractivity contribution in [1.29, 1.82) is 0 Å². The van der Waals surface area contributed by atoms with Crippen LogP contribution in [0.2, 0.25) is 0 Å². The van der Waals surface area contributed by atoms with Crippen LogP contribution < -0.4 is 5.73 Å². The second-order valence-electron chi connectivity index (χ2n) is 6.38. The third-order valence-corrected chi connectivity index (χ3v) is 4.65. The molecule has 1 aliphatic carbocycles. The van der Waals surface area contributed by atoms with Crippen molar-refractivity contribution in [2.45, 2.75) is 46.5 Å². The van der Waals surface area contributed by atoms with E-state index < -0.39 is 0 Å². The first-order valence-corrected chi connectivity index (χ1v) is 7.08. The Hall–Kier alpha value is 0. The predicted molar refractivity (Wildman–Crippen MR) is 88.4 cm³/mol. The molecule has 0 spiro atoms. The molecule has 0 aromatic heterocycles. The zero-order valence-electron chi connectivity index (χ0n) is 12.0. The van der Waals surface area contributed by atoms with Gasteiger partial charge in [0.1, 0.15) is 0 Å². The van der Waals surface area contributed by atoms with Gasteiger partial charge in [-0.3, -0.25) is 4.99 Å². The molecular formula is C14H28IN3. The molecule has 1 saturated heterocycles. The van der Waals surface area contributed by atoms with Crippen LogP contribution in [0, 0.1) is 17.3 Å². The third-order valence-electron chi connectivity index (χ3n) is 4.65. The Morgan fingerprint density at radius 1 is 1.44 bits per heavy atom. The highest BCUT2D eigenvalue weighted by Crippen LogP contribution is 2.51. The van der Waals surface area contributed by atoms with E-state index >= 15 is 0 Å². The molecular weight excluding hydrogens is 337 g/mol. The highest BCUT2D eigenvalue weighted by Gasteiger charge is 2.45. The van der Waals surface area contributed by atoms with Gasteiger partial charge in [-0.25, -0.2) is 0 Å². The van der Waals surface area contributed by atoms with Gasteiger partial charge in [-0.2, -0.15) is 0 Å². The second-order valence-corrected chi connectivity index (χ2v) is 6.38. The molecule has 2 fully saturated rings. The smallest absolute Gasteiger partial charge is 0.191 e. The molecule has 0 amide bonds. The second kappa shape index (κ2) is 6.44. The number of aliphatic imine (C=N–C) groups is 1. The Morgan fingerprint density at radius 2 is 2.11 bits per heavy atom. The molecule has 0 aromatic rings. The lowest BCUT2D eigenvalue weighted by atomic mass is 9.93. The van der Waals surface area contributed by atoms with E-state index in [1.54, 1.807) is 0 Å². The zero-order chi connectivity index (χ0) is 12.5. The van der Waals surface area contributed by atoms with Gasteiger partial charge in [0.05, 0.1) is 0 Å². The molecule has 0 radical (unpaired) electrons. The van der Waals surface area contributed by atoms with Crippen LogP contribution in [-0.4, -0.2) is 30.5 Å². The van der Waals surface area contributed by atoms with Gasteiger partial charge in [0.15, 0.2) is 5.96 Å². The standard InChI is InChI=1S/C14H27N3.HI/c1-11(2)14(6-7-14)10-16-13(15)17-8-4-5-12(3)9-17;/h11-12H,4-10H2,1-3H3,(H2,15,16);1H. The molecule has 1 saturated carbocycles. The van der Waals surface area contributed by atoms with E-state index in [-0.39, 0.29) is 24.0 Å². The molecule has 3 nitrogen and oxygen atoms in total. The average molecular weight is 365 g/mol. The molecule has 1 unspecified atom stereocenters. The quantitative estimate of drug-likeness (QED) is 0.475. The number of hydrogen-bond acceptors (Lipinski definition) is 1. The highest BCUT2D eigenvalue weighted by molar-refractivity contribution is 14.0. The van der Waals surface area contributed by atoms with Crippen molar-refractivity contribution < 1.29 is 0 Å². The summed E-state index contributed by atoms with van der Waals surface area (Å²) in [6, 6.07) is 0. The average Bonchev–Trinajstić information content (AvgIpc) is 3.07. The maximum Gasteiger partial charge on any atom is 0.191 e. The van der Waals surface area contributed by atoms with Gasteiger partial charge < -0.3 is 10.6 Å². The lowest BCUT2D eigenvalue weighted by molar-refractivity contribution is 0.268. The lowest BCUT2D eigenvalue weighted by Gasteiger charge is -2.32. The number of nitrogens with zero attached hydrogens (tertiary/aromatic N) is 2. The summed E-state index contributed by atoms with van der Waals surface area (Å²) in [6.45, 7) is 10.0. The first kappa shape index (κ1) is 16.1. The van der Waals surface area contributed by atoms with Crippen LogP contribution in [0.4, 0.5) is 0 Å². The Morgan fingerprint density at radius 3 is 2.61 bits per heavy atom. The Labute approximate surface area is 129 Å². The van der Waals surface area contributed by atoms with Gasteiger partial charge in [-0.1, -0.05) is 20.8 Å². The minimum Gasteiger partial charge on any atom is -0.370 e. The van der Waals surface area contributed by atoms with E-state index in [2.05, 4.69) is 30.7 Å². The third kappa shape index (κ3) is 3.75. The molecule has 2 rings (SSSR count). The van der Waals surface area contributed by atoms with E-state index in [4.69, 9.17) is 5.73 Å². The number of halogens is 1. The van der Waals surface area contributed by atoms with Crippen molar-refractivity contribution in [3.8, 4) is 0 Å². The van der Waals surface area contributed by atoms with Crippen LogP contribution in [0.3, 0.4) is 0 Å². The molecule has 0 bridgehead atoms. The minimum absolute atomic E-state index is 0. The molecule has 0 aromatic carbocycles. The van der Waals surface area contributed by atoms with Crippen molar-refractivity contribution in [3.05, 3.63) is 0 Å². The summed E-state index contributed by atoms with van der Waals surface area (Å²) in [5, 5.41) is 0. The molecule has 18 heavy (non-hydrogen) atoms. The molecule has 106 valence electrons. The molecule has 2 N–H and O–H groups in total. The summed E-state index contributed by atoms with van der Waals surface area (Å²) in [7, 11) is 0. The number of guanidine groups is 1. The number of nitrogens with two attached hydrogens (primary N) is 1. The maximum atomic E-state index is 6.12. The van der Waals surface area contributed by atoms with Crippen molar-refractivity contribution in [3.63, 3.8) is 0 Å². The first-order valence-electron chi connectivity index (χ1n) is 7.08. The summed E-state index contributed by atoms with van der Waals surface area (Å²) in [5.41, 5.74) is 6.60. The van der Waals surface area contributed by atoms with Crippen molar-refractivity contribution >= 4 is 29.9 Å². The fraction of sp³-hybridized carbons (Fsp3) is 0.929. The van der Waals surface area contributed by atoms with E-state index in [0.717, 1.165) is 37.4 Å². The fourth-order valence-corrected chi connectivity index (χ4v) is 2.81. The summed E-state index contributed by atoms with van der Waals surface area (Å²) < 4.78 is 0. The number of hydrogen-bond donors (Lipinski definition) is 1. The van der Waals surface area contributed by atoms with Gasteiger partial charge >= 0.3 is 0 Å². The van der Waals surface area contributed by atoms with Gasteiger partial charge in [0.2, 0.25) is 0 Å². The van der Waals surface area contributed by atoms with Crippen LogP contribution in [0.1, 0.15) is 46.5 Å². The minimum atomic E-state index is 0. The topological polar surface area (TPSA) is 41.6 Å². The summed E-state index contributed by atoms with van der Waals surface area (Å²) in [5.74, 6) is 2.28. The molecule has 2 aliphatic rings. The fourth-order valence-electron chi connectivity index (χ4n) is 2.81. The number of piperidine rings is 1. The van der Waals surface area contributed by atoms with E-state index in [0.29, 0.717) is 5.41 Å². The van der Waals surface area contributed by atoms with Gasteiger partial charge in [0.25, 0.3) is 0 Å². The van der Waals surface area contributed by atoms with Gasteiger partial charge in [0, 0.05) is 19.6 Å². The summed E-state index contributed by atoms with van der Waals surface area (Å²) in [6.07, 6.45) is 5.25. The lowest BCUT2D eigenvalue weighted by Crippen LogP contribution is -2.43. The molecule has 1 heterocycles. The largest absolute Gasteiger partial charge is 0.370 e. The molecule has 1 aliphatic heterocycles. The van der Waals surface area contributed by atoms with Crippen molar-refractivity contribution in [2.24, 2.45) is 28.0 Å².